The number of carbonyl (C=O) groups excluding carboxylic acids is 2. The van der Waals surface area contributed by atoms with E-state index < -0.39 is 6.16 Å². The van der Waals surface area contributed by atoms with Crippen molar-refractivity contribution in [3.63, 3.8) is 0 Å². The second kappa shape index (κ2) is 7.05. The summed E-state index contributed by atoms with van der Waals surface area (Å²) < 4.78 is 11.1. The maximum absolute atomic E-state index is 13.0. The van der Waals surface area contributed by atoms with Crippen LogP contribution in [0.25, 0.3) is 0 Å². The van der Waals surface area contributed by atoms with Gasteiger partial charge in [-0.15, -0.1) is 0 Å². The Morgan fingerprint density at radius 1 is 1.21 bits per heavy atom. The quantitative estimate of drug-likeness (QED) is 0.618. The van der Waals surface area contributed by atoms with Gasteiger partial charge in [-0.1, -0.05) is 11.6 Å². The van der Waals surface area contributed by atoms with Crippen LogP contribution in [0, 0.1) is 20.8 Å². The first kappa shape index (κ1) is 18.0. The van der Waals surface area contributed by atoms with Crippen molar-refractivity contribution < 1.29 is 19.1 Å². The molecule has 0 aliphatic carbocycles. The summed E-state index contributed by atoms with van der Waals surface area (Å²) in [5.74, 6) is -0.215. The number of nitrogens with zero attached hydrogens (tertiary/aromatic N) is 2. The summed E-state index contributed by atoms with van der Waals surface area (Å²) in [5, 5.41) is 4.74. The average Bonchev–Trinajstić information content (AvgIpc) is 2.97. The van der Waals surface area contributed by atoms with E-state index in [0.29, 0.717) is 17.1 Å². The Balaban J connectivity index is 2.55. The third kappa shape index (κ3) is 3.14. The minimum atomic E-state index is -0.903. The minimum absolute atomic E-state index is 0.0685. The topological polar surface area (TPSA) is 70.4 Å². The maximum Gasteiger partial charge on any atom is 0.514 e. The molecule has 6 nitrogen and oxygen atoms in total. The molecule has 0 spiro atoms. The van der Waals surface area contributed by atoms with E-state index in [-0.39, 0.29) is 17.2 Å². The average molecular weight is 351 g/mol. The molecule has 0 saturated heterocycles. The van der Waals surface area contributed by atoms with E-state index in [1.807, 2.05) is 27.7 Å². The molecule has 7 heteroatoms. The third-order valence-electron chi connectivity index (χ3n) is 3.93. The number of halogens is 1. The molecule has 2 rings (SSSR count). The smallest absolute Gasteiger partial charge is 0.437 e. The van der Waals surface area contributed by atoms with Crippen molar-refractivity contribution in [2.75, 3.05) is 7.11 Å². The number of aryl methyl sites for hydroxylation is 2. The molecule has 0 atom stereocenters. The Bertz CT molecular complexity index is 811. The molecule has 0 saturated carbocycles. The van der Waals surface area contributed by atoms with Crippen LogP contribution in [0.1, 0.15) is 39.5 Å². The van der Waals surface area contributed by atoms with Crippen molar-refractivity contribution >= 4 is 23.5 Å². The molecular weight excluding hydrogens is 332 g/mol. The molecule has 0 N–H and O–H groups in total. The molecule has 128 valence electrons. The van der Waals surface area contributed by atoms with E-state index >= 15 is 0 Å². The standard InChI is InChI=1S/C17H19ClN2O4/c1-6-20-16(24-17(22)23-5)13(8-19-20)15(21)12-7-9(2)14(18)11(4)10(12)3/h7-8H,6H2,1-5H3. The maximum atomic E-state index is 13.0. The first-order valence-electron chi connectivity index (χ1n) is 7.44. The number of ketones is 1. The van der Waals surface area contributed by atoms with Gasteiger partial charge in [-0.05, 0) is 50.5 Å². The van der Waals surface area contributed by atoms with Crippen molar-refractivity contribution in [2.24, 2.45) is 0 Å². The van der Waals surface area contributed by atoms with Crippen LogP contribution >= 0.6 is 11.6 Å². The van der Waals surface area contributed by atoms with Gasteiger partial charge in [0.05, 0.1) is 13.3 Å². The number of carbonyl (C=O) groups is 2. The lowest BCUT2D eigenvalue weighted by Gasteiger charge is -2.12. The molecule has 0 bridgehead atoms. The zero-order chi connectivity index (χ0) is 18.0. The fourth-order valence-corrected chi connectivity index (χ4v) is 2.61. The highest BCUT2D eigenvalue weighted by Gasteiger charge is 2.25. The predicted molar refractivity (Wildman–Crippen MR) is 90.0 cm³/mol. The highest BCUT2D eigenvalue weighted by atomic mass is 35.5. The summed E-state index contributed by atoms with van der Waals surface area (Å²) in [6.07, 6.45) is 0.488. The van der Waals surface area contributed by atoms with Gasteiger partial charge < -0.3 is 9.47 Å². The number of aromatic nitrogens is 2. The number of ether oxygens (including phenoxy) is 2. The zero-order valence-corrected chi connectivity index (χ0v) is 15.0. The summed E-state index contributed by atoms with van der Waals surface area (Å²) >= 11 is 6.24. The molecule has 0 amide bonds. The SMILES string of the molecule is CCn1ncc(C(=O)c2cc(C)c(Cl)c(C)c2C)c1OC(=O)OC. The van der Waals surface area contributed by atoms with Gasteiger partial charge >= 0.3 is 6.16 Å². The summed E-state index contributed by atoms with van der Waals surface area (Å²) in [7, 11) is 1.20. The second-order valence-electron chi connectivity index (χ2n) is 5.37. The van der Waals surface area contributed by atoms with Crippen molar-refractivity contribution in [1.29, 1.82) is 0 Å². The van der Waals surface area contributed by atoms with Crippen LogP contribution in [0.2, 0.25) is 5.02 Å². The zero-order valence-electron chi connectivity index (χ0n) is 14.3. The normalized spacial score (nSPS) is 10.6. The van der Waals surface area contributed by atoms with E-state index in [1.54, 1.807) is 6.07 Å². The minimum Gasteiger partial charge on any atom is -0.437 e. The molecule has 2 aromatic rings. The van der Waals surface area contributed by atoms with E-state index in [4.69, 9.17) is 16.3 Å². The molecule has 1 heterocycles. The van der Waals surface area contributed by atoms with E-state index in [1.165, 1.54) is 18.0 Å². The Kier molecular flexibility index (Phi) is 5.29. The van der Waals surface area contributed by atoms with Crippen LogP contribution in [-0.2, 0) is 11.3 Å². The van der Waals surface area contributed by atoms with Gasteiger partial charge in [0.25, 0.3) is 0 Å². The molecule has 0 aliphatic heterocycles. The molecule has 0 unspecified atom stereocenters. The largest absolute Gasteiger partial charge is 0.514 e. The molecular formula is C17H19ClN2O4. The fourth-order valence-electron chi connectivity index (χ4n) is 2.41. The van der Waals surface area contributed by atoms with Gasteiger partial charge in [-0.2, -0.15) is 5.10 Å². The highest BCUT2D eigenvalue weighted by molar-refractivity contribution is 6.32. The first-order valence-corrected chi connectivity index (χ1v) is 7.82. The molecule has 0 fully saturated rings. The number of hydrogen-bond donors (Lipinski definition) is 0. The Morgan fingerprint density at radius 2 is 1.88 bits per heavy atom. The van der Waals surface area contributed by atoms with Crippen molar-refractivity contribution in [2.45, 2.75) is 34.2 Å². The molecule has 1 aromatic carbocycles. The van der Waals surface area contributed by atoms with Gasteiger partial charge in [0.15, 0.2) is 5.78 Å². The highest BCUT2D eigenvalue weighted by Crippen LogP contribution is 2.30. The van der Waals surface area contributed by atoms with Crippen molar-refractivity contribution in [3.05, 3.63) is 45.1 Å². The fraction of sp³-hybridized carbons (Fsp3) is 0.353. The second-order valence-corrected chi connectivity index (χ2v) is 5.75. The first-order chi connectivity index (χ1) is 11.3. The van der Waals surface area contributed by atoms with Gasteiger partial charge in [0.1, 0.15) is 5.56 Å². The van der Waals surface area contributed by atoms with E-state index in [9.17, 15) is 9.59 Å². The van der Waals surface area contributed by atoms with Gasteiger partial charge in [0, 0.05) is 17.1 Å². The number of benzene rings is 1. The van der Waals surface area contributed by atoms with Gasteiger partial charge in [-0.3, -0.25) is 4.79 Å². The van der Waals surface area contributed by atoms with Crippen LogP contribution in [0.4, 0.5) is 4.79 Å². The number of rotatable bonds is 4. The van der Waals surface area contributed by atoms with Crippen LogP contribution in [-0.4, -0.2) is 28.8 Å². The third-order valence-corrected chi connectivity index (χ3v) is 4.51. The van der Waals surface area contributed by atoms with Gasteiger partial charge in [0.2, 0.25) is 5.88 Å². The monoisotopic (exact) mass is 350 g/mol. The summed E-state index contributed by atoms with van der Waals surface area (Å²) in [6, 6.07) is 1.73. The summed E-state index contributed by atoms with van der Waals surface area (Å²) in [6.45, 7) is 7.80. The lowest BCUT2D eigenvalue weighted by atomic mass is 9.95. The molecule has 1 aromatic heterocycles. The molecule has 0 radical (unpaired) electrons. The van der Waals surface area contributed by atoms with Crippen LogP contribution in [0.5, 0.6) is 5.88 Å². The van der Waals surface area contributed by atoms with E-state index in [2.05, 4.69) is 9.84 Å². The molecule has 24 heavy (non-hydrogen) atoms. The summed E-state index contributed by atoms with van der Waals surface area (Å²) in [4.78, 5) is 24.4. The molecule has 0 aliphatic rings. The lowest BCUT2D eigenvalue weighted by Crippen LogP contribution is -2.14. The number of hydrogen-bond acceptors (Lipinski definition) is 5. The Morgan fingerprint density at radius 3 is 2.46 bits per heavy atom. The van der Waals surface area contributed by atoms with Crippen LogP contribution in [0.3, 0.4) is 0 Å². The lowest BCUT2D eigenvalue weighted by molar-refractivity contribution is 0.102. The van der Waals surface area contributed by atoms with Crippen molar-refractivity contribution in [1.82, 2.24) is 9.78 Å². The van der Waals surface area contributed by atoms with Crippen LogP contribution < -0.4 is 4.74 Å². The van der Waals surface area contributed by atoms with Gasteiger partial charge in [-0.25, -0.2) is 9.48 Å². The van der Waals surface area contributed by atoms with E-state index in [0.717, 1.165) is 16.7 Å². The van der Waals surface area contributed by atoms with Crippen molar-refractivity contribution in [3.8, 4) is 5.88 Å². The Labute approximate surface area is 145 Å². The summed E-state index contributed by atoms with van der Waals surface area (Å²) in [5.41, 5.74) is 3.13. The predicted octanol–water partition coefficient (Wildman–Crippen LogP) is 3.86. The van der Waals surface area contributed by atoms with Crippen LogP contribution in [0.15, 0.2) is 12.3 Å². The number of methoxy groups -OCH3 is 1. The Hall–Kier alpha value is -2.34.